The van der Waals surface area contributed by atoms with Crippen LogP contribution in [0.3, 0.4) is 0 Å². The summed E-state index contributed by atoms with van der Waals surface area (Å²) in [5.41, 5.74) is 0.113. The molecular weight excluding hydrogens is 334 g/mol. The zero-order chi connectivity index (χ0) is 18.7. The molecule has 0 aliphatic carbocycles. The number of aromatic nitrogens is 1. The zero-order valence-electron chi connectivity index (χ0n) is 13.8. The Morgan fingerprint density at radius 1 is 1.20 bits per heavy atom. The molecule has 0 aliphatic heterocycles. The number of esters is 1. The number of amides is 1. The van der Waals surface area contributed by atoms with Crippen LogP contribution in [0.15, 0.2) is 18.2 Å². The number of carbonyl (C=O) groups excluding carboxylic acids is 3. The maximum absolute atomic E-state index is 13.6. The van der Waals surface area contributed by atoms with Gasteiger partial charge in [-0.2, -0.15) is 0 Å². The molecule has 0 aliphatic rings. The maximum atomic E-state index is 13.6. The molecule has 0 spiro atoms. The molecule has 2 rings (SSSR count). The second kappa shape index (κ2) is 7.25. The topological polar surface area (TPSA) is 88.3 Å². The molecule has 1 amide bonds. The van der Waals surface area contributed by atoms with Gasteiger partial charge in [-0.1, -0.05) is 6.07 Å². The van der Waals surface area contributed by atoms with E-state index in [1.807, 2.05) is 0 Å². The average molecular weight is 350 g/mol. The number of ether oxygens (including phenoxy) is 1. The van der Waals surface area contributed by atoms with Crippen LogP contribution in [-0.4, -0.2) is 29.8 Å². The van der Waals surface area contributed by atoms with Crippen molar-refractivity contribution >= 4 is 23.3 Å². The molecule has 0 saturated carbocycles. The summed E-state index contributed by atoms with van der Waals surface area (Å²) in [6.07, 6.45) is -0.397. The summed E-state index contributed by atoms with van der Waals surface area (Å²) in [6, 6.07) is 3.18. The first-order valence-corrected chi connectivity index (χ1v) is 7.30. The summed E-state index contributed by atoms with van der Waals surface area (Å²) in [4.78, 5) is 38.4. The first kappa shape index (κ1) is 18.3. The summed E-state index contributed by atoms with van der Waals surface area (Å²) in [5.74, 6) is -3.65. The van der Waals surface area contributed by atoms with E-state index in [9.17, 15) is 23.2 Å². The van der Waals surface area contributed by atoms with Crippen molar-refractivity contribution in [2.45, 2.75) is 20.3 Å². The fraction of sp³-hybridized carbons (Fsp3) is 0.235. The molecule has 132 valence electrons. The fourth-order valence-electron chi connectivity index (χ4n) is 2.48. The number of Topliss-reactive ketones (excluding diaryl/α,β-unsaturated/α-hetero) is 1. The third-order valence-corrected chi connectivity index (χ3v) is 3.63. The lowest BCUT2D eigenvalue weighted by atomic mass is 10.1. The van der Waals surface area contributed by atoms with Gasteiger partial charge in [0.2, 0.25) is 5.91 Å². The average Bonchev–Trinajstić information content (AvgIpc) is 2.87. The predicted octanol–water partition coefficient (Wildman–Crippen LogP) is 2.77. The van der Waals surface area contributed by atoms with Crippen molar-refractivity contribution in [1.82, 2.24) is 4.98 Å². The van der Waals surface area contributed by atoms with Crippen molar-refractivity contribution in [2.24, 2.45) is 0 Å². The van der Waals surface area contributed by atoms with E-state index >= 15 is 0 Å². The van der Waals surface area contributed by atoms with Gasteiger partial charge in [0.15, 0.2) is 5.78 Å². The molecule has 0 fully saturated rings. The van der Waals surface area contributed by atoms with Crippen molar-refractivity contribution in [3.8, 4) is 0 Å². The van der Waals surface area contributed by atoms with E-state index in [-0.39, 0.29) is 22.7 Å². The van der Waals surface area contributed by atoms with E-state index in [0.29, 0.717) is 5.56 Å². The van der Waals surface area contributed by atoms with Crippen molar-refractivity contribution < 1.29 is 27.9 Å². The van der Waals surface area contributed by atoms with Crippen LogP contribution in [0.4, 0.5) is 14.5 Å². The number of rotatable bonds is 5. The van der Waals surface area contributed by atoms with Crippen LogP contribution >= 0.6 is 0 Å². The summed E-state index contributed by atoms with van der Waals surface area (Å²) in [6.45, 7) is 2.84. The van der Waals surface area contributed by atoms with Gasteiger partial charge in [0.25, 0.3) is 0 Å². The van der Waals surface area contributed by atoms with Crippen LogP contribution in [0.1, 0.15) is 39.0 Å². The van der Waals surface area contributed by atoms with Crippen LogP contribution in [-0.2, 0) is 16.0 Å². The van der Waals surface area contributed by atoms with Crippen LogP contribution < -0.4 is 5.32 Å². The number of anilines is 1. The van der Waals surface area contributed by atoms with E-state index in [4.69, 9.17) is 0 Å². The standard InChI is InChI=1S/C17H16F2N2O4/c1-8-14(17(24)25-3)12(20-15(8)9(2)22)7-13(23)21-16-10(18)5-4-6-11(16)19/h4-6,20H,7H2,1-3H3,(H,21,23). The number of halogens is 2. The number of para-hydroxylation sites is 1. The molecule has 8 heteroatoms. The number of methoxy groups -OCH3 is 1. The number of ketones is 1. The zero-order valence-corrected chi connectivity index (χ0v) is 13.8. The molecule has 25 heavy (non-hydrogen) atoms. The van der Waals surface area contributed by atoms with E-state index < -0.39 is 35.6 Å². The Morgan fingerprint density at radius 2 is 1.80 bits per heavy atom. The minimum Gasteiger partial charge on any atom is -0.465 e. The van der Waals surface area contributed by atoms with E-state index in [1.165, 1.54) is 27.0 Å². The highest BCUT2D eigenvalue weighted by atomic mass is 19.1. The van der Waals surface area contributed by atoms with Gasteiger partial charge in [0.1, 0.15) is 17.3 Å². The number of aromatic amines is 1. The van der Waals surface area contributed by atoms with Gasteiger partial charge in [-0.3, -0.25) is 9.59 Å². The van der Waals surface area contributed by atoms with Gasteiger partial charge in [0, 0.05) is 12.6 Å². The van der Waals surface area contributed by atoms with E-state index in [2.05, 4.69) is 15.0 Å². The summed E-state index contributed by atoms with van der Waals surface area (Å²) in [5, 5.41) is 2.12. The lowest BCUT2D eigenvalue weighted by Crippen LogP contribution is -2.18. The number of hydrogen-bond donors (Lipinski definition) is 2. The molecule has 1 heterocycles. The van der Waals surface area contributed by atoms with Gasteiger partial charge in [0.05, 0.1) is 24.8 Å². The van der Waals surface area contributed by atoms with Crippen molar-refractivity contribution in [3.63, 3.8) is 0 Å². The molecule has 0 radical (unpaired) electrons. The van der Waals surface area contributed by atoms with Gasteiger partial charge >= 0.3 is 5.97 Å². The maximum Gasteiger partial charge on any atom is 0.339 e. The van der Waals surface area contributed by atoms with Gasteiger partial charge in [-0.25, -0.2) is 13.6 Å². The molecule has 0 bridgehead atoms. The summed E-state index contributed by atoms with van der Waals surface area (Å²) in [7, 11) is 1.17. The lowest BCUT2D eigenvalue weighted by molar-refractivity contribution is -0.115. The van der Waals surface area contributed by atoms with Crippen molar-refractivity contribution in [1.29, 1.82) is 0 Å². The molecule has 1 aromatic heterocycles. The Labute approximate surface area is 142 Å². The van der Waals surface area contributed by atoms with Crippen LogP contribution in [0.25, 0.3) is 0 Å². The smallest absolute Gasteiger partial charge is 0.339 e. The molecule has 0 atom stereocenters. The third-order valence-electron chi connectivity index (χ3n) is 3.63. The molecule has 2 aromatic rings. The minimum atomic E-state index is -0.923. The number of benzene rings is 1. The Hall–Kier alpha value is -3.03. The van der Waals surface area contributed by atoms with Gasteiger partial charge in [-0.05, 0) is 24.6 Å². The van der Waals surface area contributed by atoms with Gasteiger partial charge in [-0.15, -0.1) is 0 Å². The van der Waals surface area contributed by atoms with E-state index in [1.54, 1.807) is 0 Å². The second-order valence-electron chi connectivity index (χ2n) is 5.35. The Kier molecular flexibility index (Phi) is 5.31. The lowest BCUT2D eigenvalue weighted by Gasteiger charge is -2.08. The number of hydrogen-bond acceptors (Lipinski definition) is 4. The Balaban J connectivity index is 2.33. The van der Waals surface area contributed by atoms with Crippen LogP contribution in [0.2, 0.25) is 0 Å². The molecule has 1 aromatic carbocycles. The predicted molar refractivity (Wildman–Crippen MR) is 85.6 cm³/mol. The van der Waals surface area contributed by atoms with Gasteiger partial charge < -0.3 is 15.0 Å². The molecule has 6 nitrogen and oxygen atoms in total. The van der Waals surface area contributed by atoms with E-state index in [0.717, 1.165) is 12.1 Å². The fourth-order valence-corrected chi connectivity index (χ4v) is 2.48. The molecule has 2 N–H and O–H groups in total. The number of nitrogens with one attached hydrogen (secondary N) is 2. The Morgan fingerprint density at radius 3 is 2.32 bits per heavy atom. The summed E-state index contributed by atoms with van der Waals surface area (Å²) < 4.78 is 31.9. The van der Waals surface area contributed by atoms with Crippen molar-refractivity contribution in [2.75, 3.05) is 12.4 Å². The van der Waals surface area contributed by atoms with Crippen molar-refractivity contribution in [3.05, 3.63) is 52.3 Å². The highest BCUT2D eigenvalue weighted by Gasteiger charge is 2.24. The molecule has 0 saturated heterocycles. The van der Waals surface area contributed by atoms with Crippen LogP contribution in [0.5, 0.6) is 0 Å². The first-order valence-electron chi connectivity index (χ1n) is 7.30. The number of H-pyrrole nitrogens is 1. The highest BCUT2D eigenvalue weighted by Crippen LogP contribution is 2.22. The minimum absolute atomic E-state index is 0.0526. The first-order chi connectivity index (χ1) is 11.8. The number of carbonyl (C=O) groups is 3. The largest absolute Gasteiger partial charge is 0.465 e. The second-order valence-corrected chi connectivity index (χ2v) is 5.35. The van der Waals surface area contributed by atoms with Crippen LogP contribution in [0, 0.1) is 18.6 Å². The molecular formula is C17H16F2N2O4. The SMILES string of the molecule is COC(=O)c1c(CC(=O)Nc2c(F)cccc2F)[nH]c(C(C)=O)c1C. The highest BCUT2D eigenvalue weighted by molar-refractivity contribution is 6.02. The summed E-state index contributed by atoms with van der Waals surface area (Å²) >= 11 is 0. The molecule has 0 unspecified atom stereocenters. The monoisotopic (exact) mass is 350 g/mol. The normalized spacial score (nSPS) is 10.4. The quantitative estimate of drug-likeness (QED) is 0.641. The Bertz CT molecular complexity index is 838. The third kappa shape index (κ3) is 3.73.